The molecule has 0 amide bonds. The number of carbonyl (C=O) groups is 1. The molecule has 0 saturated carbocycles. The third-order valence-corrected chi connectivity index (χ3v) is 5.24. The van der Waals surface area contributed by atoms with Crippen LogP contribution in [0.5, 0.6) is 0 Å². The molecule has 1 atom stereocenters. The smallest absolute Gasteiger partial charge is 0.307 e. The van der Waals surface area contributed by atoms with Crippen molar-refractivity contribution in [1.82, 2.24) is 14.5 Å². The Morgan fingerprint density at radius 3 is 2.76 bits per heavy atom. The van der Waals surface area contributed by atoms with Crippen LogP contribution in [0.4, 0.5) is 0 Å². The Morgan fingerprint density at radius 1 is 1.28 bits per heavy atom. The van der Waals surface area contributed by atoms with E-state index in [4.69, 9.17) is 14.8 Å². The number of fused-ring (bicyclic) bond motifs is 1. The Hall–Kier alpha value is -1.92. The topological polar surface area (TPSA) is 67.6 Å². The molecule has 2 saturated heterocycles. The maximum absolute atomic E-state index is 11.0. The first-order valence-electron chi connectivity index (χ1n) is 9.23. The van der Waals surface area contributed by atoms with Gasteiger partial charge >= 0.3 is 5.97 Å². The molecule has 25 heavy (non-hydrogen) atoms. The van der Waals surface area contributed by atoms with Gasteiger partial charge in [0.2, 0.25) is 0 Å². The van der Waals surface area contributed by atoms with Gasteiger partial charge in [0, 0.05) is 6.61 Å². The van der Waals surface area contributed by atoms with E-state index in [0.717, 1.165) is 61.6 Å². The van der Waals surface area contributed by atoms with Crippen LogP contribution in [-0.2, 0) is 29.0 Å². The third-order valence-electron chi connectivity index (χ3n) is 5.24. The number of piperidine rings is 1. The number of ether oxygens (including phenoxy) is 1. The van der Waals surface area contributed by atoms with Crippen molar-refractivity contribution in [3.63, 3.8) is 0 Å². The molecule has 0 spiro atoms. The van der Waals surface area contributed by atoms with Gasteiger partial charge < -0.3 is 14.4 Å². The predicted molar refractivity (Wildman–Crippen MR) is 94.6 cm³/mol. The van der Waals surface area contributed by atoms with Gasteiger partial charge in [-0.2, -0.15) is 0 Å². The molecule has 4 rings (SSSR count). The Morgan fingerprint density at radius 2 is 2.08 bits per heavy atom. The van der Waals surface area contributed by atoms with Crippen molar-refractivity contribution in [3.05, 3.63) is 29.6 Å². The van der Waals surface area contributed by atoms with Crippen molar-refractivity contribution in [2.45, 2.75) is 51.3 Å². The number of carboxylic acid groups (broad SMARTS) is 1. The van der Waals surface area contributed by atoms with Crippen LogP contribution >= 0.6 is 0 Å². The van der Waals surface area contributed by atoms with E-state index in [1.54, 1.807) is 0 Å². The minimum Gasteiger partial charge on any atom is -0.481 e. The highest BCUT2D eigenvalue weighted by molar-refractivity contribution is 5.79. The molecule has 1 N–H and O–H groups in total. The minimum atomic E-state index is -0.804. The molecule has 1 unspecified atom stereocenters. The fourth-order valence-electron chi connectivity index (χ4n) is 3.78. The number of likely N-dealkylation sites (tertiary alicyclic amines) is 1. The van der Waals surface area contributed by atoms with Crippen molar-refractivity contribution in [2.75, 3.05) is 19.7 Å². The van der Waals surface area contributed by atoms with E-state index in [9.17, 15) is 4.79 Å². The van der Waals surface area contributed by atoms with Crippen LogP contribution in [-0.4, -0.2) is 51.3 Å². The summed E-state index contributed by atoms with van der Waals surface area (Å²) < 4.78 is 7.89. The molecule has 0 radical (unpaired) electrons. The maximum atomic E-state index is 11.0. The molecule has 1 aromatic heterocycles. The summed E-state index contributed by atoms with van der Waals surface area (Å²) in [4.78, 5) is 18.4. The summed E-state index contributed by atoms with van der Waals surface area (Å²) in [5.74, 6) is 0.265. The minimum absolute atomic E-state index is 0.0442. The summed E-state index contributed by atoms with van der Waals surface area (Å²) in [7, 11) is 0. The fraction of sp³-hybridized carbons (Fsp3) is 0.579. The van der Waals surface area contributed by atoms with Crippen molar-refractivity contribution >= 4 is 17.0 Å². The summed E-state index contributed by atoms with van der Waals surface area (Å²) in [6.45, 7) is 4.76. The molecule has 3 heterocycles. The molecule has 6 heteroatoms. The molecule has 2 fully saturated rings. The van der Waals surface area contributed by atoms with E-state index in [1.807, 2.05) is 18.2 Å². The number of hydrogen-bond acceptors (Lipinski definition) is 4. The average molecular weight is 343 g/mol. The van der Waals surface area contributed by atoms with Crippen molar-refractivity contribution < 1.29 is 14.6 Å². The fourth-order valence-corrected chi connectivity index (χ4v) is 3.78. The highest BCUT2D eigenvalue weighted by Gasteiger charge is 2.23. The number of carboxylic acids is 1. The van der Waals surface area contributed by atoms with Gasteiger partial charge in [0.1, 0.15) is 5.82 Å². The molecule has 6 nitrogen and oxygen atoms in total. The number of nitrogens with zero attached hydrogens (tertiary/aromatic N) is 3. The standard InChI is InChI=1S/C19H25N3O3/c23-19(24)11-14-4-5-16-17(10-14)22(12-15-6-9-25-15)18(20-16)13-21-7-2-1-3-8-21/h4-5,10,15H,1-3,6-9,11-13H2,(H,23,24). The average Bonchev–Trinajstić information content (AvgIpc) is 2.88. The van der Waals surface area contributed by atoms with Gasteiger partial charge in [-0.15, -0.1) is 0 Å². The highest BCUT2D eigenvalue weighted by atomic mass is 16.5. The lowest BCUT2D eigenvalue weighted by Crippen LogP contribution is -2.34. The Balaban J connectivity index is 1.66. The molecule has 2 aliphatic heterocycles. The number of rotatable bonds is 6. The zero-order valence-electron chi connectivity index (χ0n) is 14.5. The van der Waals surface area contributed by atoms with Gasteiger partial charge in [0.15, 0.2) is 0 Å². The van der Waals surface area contributed by atoms with Crippen LogP contribution in [0, 0.1) is 0 Å². The number of hydrogen-bond donors (Lipinski definition) is 1. The number of aromatic nitrogens is 2. The largest absolute Gasteiger partial charge is 0.481 e. The van der Waals surface area contributed by atoms with E-state index in [2.05, 4.69) is 9.47 Å². The third kappa shape index (κ3) is 3.70. The first-order valence-corrected chi connectivity index (χ1v) is 9.23. The van der Waals surface area contributed by atoms with E-state index >= 15 is 0 Å². The molecule has 1 aromatic carbocycles. The summed E-state index contributed by atoms with van der Waals surface area (Å²) in [6.07, 6.45) is 5.21. The molecular formula is C19H25N3O3. The van der Waals surface area contributed by atoms with Crippen LogP contribution in [0.15, 0.2) is 18.2 Å². The zero-order valence-corrected chi connectivity index (χ0v) is 14.5. The second-order valence-electron chi connectivity index (χ2n) is 7.15. The van der Waals surface area contributed by atoms with E-state index in [-0.39, 0.29) is 12.5 Å². The van der Waals surface area contributed by atoms with Gasteiger partial charge in [0.05, 0.1) is 36.6 Å². The Bertz CT molecular complexity index is 761. The van der Waals surface area contributed by atoms with E-state index < -0.39 is 5.97 Å². The maximum Gasteiger partial charge on any atom is 0.307 e. The molecule has 0 aliphatic carbocycles. The lowest BCUT2D eigenvalue weighted by molar-refractivity contribution is -0.136. The van der Waals surface area contributed by atoms with E-state index in [0.29, 0.717) is 0 Å². The lowest BCUT2D eigenvalue weighted by atomic mass is 10.1. The monoisotopic (exact) mass is 343 g/mol. The molecule has 2 aliphatic rings. The first kappa shape index (κ1) is 16.5. The van der Waals surface area contributed by atoms with Crippen LogP contribution in [0.25, 0.3) is 11.0 Å². The van der Waals surface area contributed by atoms with Crippen molar-refractivity contribution in [1.29, 1.82) is 0 Å². The summed E-state index contributed by atoms with van der Waals surface area (Å²) >= 11 is 0. The van der Waals surface area contributed by atoms with Crippen molar-refractivity contribution in [2.24, 2.45) is 0 Å². The number of benzene rings is 1. The van der Waals surface area contributed by atoms with Gasteiger partial charge in [-0.3, -0.25) is 9.69 Å². The predicted octanol–water partition coefficient (Wildman–Crippen LogP) is 2.44. The van der Waals surface area contributed by atoms with Crippen molar-refractivity contribution in [3.8, 4) is 0 Å². The molecule has 0 bridgehead atoms. The van der Waals surface area contributed by atoms with E-state index in [1.165, 1.54) is 19.3 Å². The second-order valence-corrected chi connectivity index (χ2v) is 7.15. The van der Waals surface area contributed by atoms with Gasteiger partial charge in [0.25, 0.3) is 0 Å². The Labute approximate surface area is 147 Å². The van der Waals surface area contributed by atoms with Crippen LogP contribution in [0.1, 0.15) is 37.1 Å². The van der Waals surface area contributed by atoms with Crippen LogP contribution in [0.2, 0.25) is 0 Å². The second kappa shape index (κ2) is 7.14. The SMILES string of the molecule is O=C(O)Cc1ccc2nc(CN3CCCCC3)n(CC3CCO3)c2c1. The molecular weight excluding hydrogens is 318 g/mol. The van der Waals surface area contributed by atoms with Crippen LogP contribution < -0.4 is 0 Å². The summed E-state index contributed by atoms with van der Waals surface area (Å²) in [5.41, 5.74) is 2.79. The normalized spacial score (nSPS) is 21.4. The number of imidazole rings is 1. The van der Waals surface area contributed by atoms with Gasteiger partial charge in [-0.05, 0) is 50.0 Å². The van der Waals surface area contributed by atoms with Crippen LogP contribution in [0.3, 0.4) is 0 Å². The lowest BCUT2D eigenvalue weighted by Gasteiger charge is -2.29. The summed E-state index contributed by atoms with van der Waals surface area (Å²) in [5, 5.41) is 9.07. The van der Waals surface area contributed by atoms with Gasteiger partial charge in [-0.1, -0.05) is 12.5 Å². The Kier molecular flexibility index (Phi) is 4.72. The number of aliphatic carboxylic acids is 1. The zero-order chi connectivity index (χ0) is 17.2. The highest BCUT2D eigenvalue weighted by Crippen LogP contribution is 2.24. The summed E-state index contributed by atoms with van der Waals surface area (Å²) in [6, 6.07) is 5.80. The quantitative estimate of drug-likeness (QED) is 0.872. The van der Waals surface area contributed by atoms with Gasteiger partial charge in [-0.25, -0.2) is 4.98 Å². The first-order chi connectivity index (χ1) is 12.2. The molecule has 2 aromatic rings. The molecule has 134 valence electrons.